The topological polar surface area (TPSA) is 58.9 Å². The lowest BCUT2D eigenvalue weighted by Crippen LogP contribution is -2.25. The van der Waals surface area contributed by atoms with Gasteiger partial charge in [-0.2, -0.15) is 0 Å². The molecule has 0 aromatic heterocycles. The van der Waals surface area contributed by atoms with Gasteiger partial charge in [-0.25, -0.2) is 0 Å². The number of benzene rings is 7. The molecular weight excluding hydrogens is 641 g/mol. The van der Waals surface area contributed by atoms with Gasteiger partial charge >= 0.3 is 0 Å². The summed E-state index contributed by atoms with van der Waals surface area (Å²) in [6.07, 6.45) is 0. The number of aliphatic hydroxyl groups excluding tert-OH is 2. The van der Waals surface area contributed by atoms with Crippen LogP contribution in [0.4, 0.5) is 0 Å². The third-order valence-corrected chi connectivity index (χ3v) is 10.3. The number of ether oxygens (including phenoxy) is 2. The van der Waals surface area contributed by atoms with Crippen LogP contribution in [0.5, 0.6) is 11.5 Å². The molecule has 7 rings (SSSR count). The van der Waals surface area contributed by atoms with Crippen LogP contribution in [0.15, 0.2) is 152 Å². The van der Waals surface area contributed by atoms with Gasteiger partial charge < -0.3 is 19.7 Å². The van der Waals surface area contributed by atoms with Crippen LogP contribution >= 0.6 is 0 Å². The van der Waals surface area contributed by atoms with Crippen molar-refractivity contribution in [2.45, 2.75) is 26.2 Å². The molecule has 0 aliphatic rings. The Kier molecular flexibility index (Phi) is 10.4. The molecule has 0 radical (unpaired) electrons. The summed E-state index contributed by atoms with van der Waals surface area (Å²) in [5.41, 5.74) is 6.99. The van der Waals surface area contributed by atoms with Crippen LogP contribution in [0.2, 0.25) is 0 Å². The Hall–Kier alpha value is -5.42. The third-order valence-electron chi connectivity index (χ3n) is 10.3. The summed E-state index contributed by atoms with van der Waals surface area (Å²) in [5, 5.41) is 24.2. The second kappa shape index (κ2) is 15.4. The molecule has 4 heteroatoms. The summed E-state index contributed by atoms with van der Waals surface area (Å²) in [6.45, 7) is 7.23. The van der Waals surface area contributed by atoms with E-state index in [9.17, 15) is 10.2 Å². The minimum atomic E-state index is -0.563. The van der Waals surface area contributed by atoms with Crippen molar-refractivity contribution in [2.24, 2.45) is 11.8 Å². The average Bonchev–Trinajstić information content (AvgIpc) is 3.21. The Morgan fingerprint density at radius 1 is 0.462 bits per heavy atom. The third kappa shape index (κ3) is 7.18. The fraction of sp³-hybridized carbons (Fsp3) is 0.208. The zero-order valence-electron chi connectivity index (χ0n) is 30.1. The van der Waals surface area contributed by atoms with E-state index in [2.05, 4.69) is 159 Å². The first-order chi connectivity index (χ1) is 25.4. The first kappa shape index (κ1) is 35.0. The molecule has 0 aliphatic heterocycles. The molecule has 0 fully saturated rings. The van der Waals surface area contributed by atoms with Gasteiger partial charge in [0.2, 0.25) is 0 Å². The fourth-order valence-electron chi connectivity index (χ4n) is 6.94. The molecule has 0 aliphatic carbocycles. The van der Waals surface area contributed by atoms with Crippen LogP contribution in [0.1, 0.15) is 37.5 Å². The van der Waals surface area contributed by atoms with Crippen LogP contribution < -0.4 is 9.47 Å². The first-order valence-corrected chi connectivity index (χ1v) is 18.2. The van der Waals surface area contributed by atoms with Gasteiger partial charge in [-0.05, 0) is 92.7 Å². The standard InChI is InChI=1S/C48H46O4/c1-33(29-49)31-51-46-23-21-42(27-44(46)39-19-17-35-11-7-9-13-37(35)25-39)48(3,41-15-5-4-6-16-41)43-22-24-47(52-32-34(2)30-50)45(28-43)40-20-18-36-12-8-10-14-38(36)26-40/h4-28,33-34,49-50H,29-32H2,1-3H3. The van der Waals surface area contributed by atoms with Crippen molar-refractivity contribution in [3.8, 4) is 33.8 Å². The molecule has 0 saturated carbocycles. The second-order valence-corrected chi connectivity index (χ2v) is 14.2. The van der Waals surface area contributed by atoms with Crippen molar-refractivity contribution in [3.63, 3.8) is 0 Å². The molecule has 0 spiro atoms. The highest BCUT2D eigenvalue weighted by Crippen LogP contribution is 2.45. The predicted molar refractivity (Wildman–Crippen MR) is 214 cm³/mol. The van der Waals surface area contributed by atoms with Crippen LogP contribution in [-0.4, -0.2) is 36.6 Å². The van der Waals surface area contributed by atoms with E-state index in [-0.39, 0.29) is 25.0 Å². The smallest absolute Gasteiger partial charge is 0.127 e. The van der Waals surface area contributed by atoms with E-state index in [4.69, 9.17) is 9.47 Å². The first-order valence-electron chi connectivity index (χ1n) is 18.2. The zero-order valence-corrected chi connectivity index (χ0v) is 30.1. The van der Waals surface area contributed by atoms with Crippen LogP contribution in [0, 0.1) is 11.8 Å². The molecule has 0 heterocycles. The Morgan fingerprint density at radius 3 is 1.33 bits per heavy atom. The highest BCUT2D eigenvalue weighted by atomic mass is 16.5. The summed E-state index contributed by atoms with van der Waals surface area (Å²) >= 11 is 0. The molecule has 7 aromatic rings. The molecule has 2 atom stereocenters. The summed E-state index contributed by atoms with van der Waals surface area (Å²) < 4.78 is 12.8. The van der Waals surface area contributed by atoms with Crippen molar-refractivity contribution < 1.29 is 19.7 Å². The van der Waals surface area contributed by atoms with E-state index in [0.717, 1.165) is 61.2 Å². The lowest BCUT2D eigenvalue weighted by Gasteiger charge is -2.33. The van der Waals surface area contributed by atoms with Crippen molar-refractivity contribution >= 4 is 21.5 Å². The summed E-state index contributed by atoms with van der Waals surface area (Å²) in [7, 11) is 0. The monoisotopic (exact) mass is 686 g/mol. The van der Waals surface area contributed by atoms with E-state index in [0.29, 0.717) is 13.2 Å². The fourth-order valence-corrected chi connectivity index (χ4v) is 6.94. The Morgan fingerprint density at radius 2 is 0.885 bits per heavy atom. The molecule has 0 bridgehead atoms. The SMILES string of the molecule is CC(CO)COc1ccc(C(C)(c2ccccc2)c2ccc(OCC(C)CO)c(-c3ccc4ccccc4c3)c2)cc1-c1ccc2ccccc2c1. The van der Waals surface area contributed by atoms with E-state index < -0.39 is 5.41 Å². The van der Waals surface area contributed by atoms with Gasteiger partial charge in [0.15, 0.2) is 0 Å². The number of hydrogen-bond donors (Lipinski definition) is 2. The van der Waals surface area contributed by atoms with E-state index in [1.165, 1.54) is 10.8 Å². The van der Waals surface area contributed by atoms with E-state index >= 15 is 0 Å². The number of aliphatic hydroxyl groups is 2. The molecule has 2 N–H and O–H groups in total. The largest absolute Gasteiger partial charge is 0.493 e. The maximum Gasteiger partial charge on any atom is 0.127 e. The van der Waals surface area contributed by atoms with Gasteiger partial charge in [0.05, 0.1) is 13.2 Å². The number of rotatable bonds is 13. The lowest BCUT2D eigenvalue weighted by atomic mass is 9.70. The minimum absolute atomic E-state index is 0.00772. The molecule has 7 aromatic carbocycles. The van der Waals surface area contributed by atoms with E-state index in [1.54, 1.807) is 0 Å². The molecule has 4 nitrogen and oxygen atoms in total. The van der Waals surface area contributed by atoms with Crippen LogP contribution in [-0.2, 0) is 5.41 Å². The maximum absolute atomic E-state index is 9.77. The van der Waals surface area contributed by atoms with Gasteiger partial charge in [-0.15, -0.1) is 0 Å². The Balaban J connectivity index is 1.42. The normalized spacial score (nSPS) is 13.8. The molecule has 262 valence electrons. The summed E-state index contributed by atoms with van der Waals surface area (Å²) in [5.74, 6) is 1.59. The average molecular weight is 687 g/mol. The Bertz CT molecular complexity index is 2150. The predicted octanol–water partition coefficient (Wildman–Crippen LogP) is 10.7. The number of hydrogen-bond acceptors (Lipinski definition) is 4. The Labute approximate surface area is 306 Å². The zero-order chi connectivity index (χ0) is 36.1. The summed E-state index contributed by atoms with van der Waals surface area (Å²) in [4.78, 5) is 0. The van der Waals surface area contributed by atoms with Gasteiger partial charge in [0.1, 0.15) is 11.5 Å². The van der Waals surface area contributed by atoms with Crippen LogP contribution in [0.3, 0.4) is 0 Å². The van der Waals surface area contributed by atoms with Crippen molar-refractivity contribution in [1.29, 1.82) is 0 Å². The van der Waals surface area contributed by atoms with Gasteiger partial charge in [0, 0.05) is 41.6 Å². The lowest BCUT2D eigenvalue weighted by molar-refractivity contribution is 0.174. The van der Waals surface area contributed by atoms with Crippen molar-refractivity contribution in [3.05, 3.63) is 168 Å². The molecule has 52 heavy (non-hydrogen) atoms. The molecular formula is C48H46O4. The van der Waals surface area contributed by atoms with Gasteiger partial charge in [-0.3, -0.25) is 0 Å². The molecule has 2 unspecified atom stereocenters. The number of fused-ring (bicyclic) bond motifs is 2. The minimum Gasteiger partial charge on any atom is -0.493 e. The second-order valence-electron chi connectivity index (χ2n) is 14.2. The van der Waals surface area contributed by atoms with Crippen molar-refractivity contribution in [1.82, 2.24) is 0 Å². The highest BCUT2D eigenvalue weighted by Gasteiger charge is 2.33. The van der Waals surface area contributed by atoms with Crippen LogP contribution in [0.25, 0.3) is 43.8 Å². The van der Waals surface area contributed by atoms with Crippen molar-refractivity contribution in [2.75, 3.05) is 26.4 Å². The van der Waals surface area contributed by atoms with Gasteiger partial charge in [-0.1, -0.05) is 129 Å². The summed E-state index contributed by atoms with van der Waals surface area (Å²) in [6, 6.07) is 53.7. The quantitative estimate of drug-likeness (QED) is 0.119. The molecule has 0 saturated heterocycles. The maximum atomic E-state index is 9.77. The molecule has 0 amide bonds. The van der Waals surface area contributed by atoms with E-state index in [1.807, 2.05) is 13.8 Å². The van der Waals surface area contributed by atoms with Gasteiger partial charge in [0.25, 0.3) is 0 Å². The highest BCUT2D eigenvalue weighted by molar-refractivity contribution is 5.90.